The Balaban J connectivity index is 3.00. The third kappa shape index (κ3) is 4.12. The molecule has 1 unspecified atom stereocenters. The van der Waals surface area contributed by atoms with E-state index >= 15 is 0 Å². The first kappa shape index (κ1) is 15.3. The molecule has 19 heavy (non-hydrogen) atoms. The van der Waals surface area contributed by atoms with Crippen LogP contribution in [0, 0.1) is 0 Å². The fourth-order valence-electron chi connectivity index (χ4n) is 1.94. The molecule has 1 aromatic carbocycles. The van der Waals surface area contributed by atoms with E-state index in [0.717, 1.165) is 5.56 Å². The molecule has 0 aliphatic heterocycles. The molecule has 0 heterocycles. The van der Waals surface area contributed by atoms with Crippen LogP contribution in [0.25, 0.3) is 0 Å². The van der Waals surface area contributed by atoms with Crippen LogP contribution in [0.15, 0.2) is 12.1 Å². The van der Waals surface area contributed by atoms with Gasteiger partial charge in [-0.05, 0) is 37.5 Å². The smallest absolute Gasteiger partial charge is 0.303 e. The fourth-order valence-corrected chi connectivity index (χ4v) is 1.94. The van der Waals surface area contributed by atoms with Crippen LogP contribution in [0.1, 0.15) is 37.1 Å². The Labute approximate surface area is 112 Å². The molecule has 4 nitrogen and oxygen atoms in total. The van der Waals surface area contributed by atoms with Crippen LogP contribution < -0.4 is 9.47 Å². The maximum atomic E-state index is 13.6. The van der Waals surface area contributed by atoms with Gasteiger partial charge in [0.2, 0.25) is 0 Å². The normalized spacial score (nSPS) is 12.0. The molecule has 0 fully saturated rings. The van der Waals surface area contributed by atoms with Gasteiger partial charge in [-0.3, -0.25) is 4.79 Å². The van der Waals surface area contributed by atoms with Crippen molar-refractivity contribution in [1.29, 1.82) is 0 Å². The zero-order valence-electron chi connectivity index (χ0n) is 11.4. The molecule has 1 atom stereocenters. The van der Waals surface area contributed by atoms with Gasteiger partial charge in [0.05, 0.1) is 14.2 Å². The molecule has 0 aliphatic rings. The summed E-state index contributed by atoms with van der Waals surface area (Å²) < 4.78 is 24.0. The van der Waals surface area contributed by atoms with Gasteiger partial charge in [-0.25, -0.2) is 4.39 Å². The monoisotopic (exact) mass is 270 g/mol. The second-order valence-corrected chi connectivity index (χ2v) is 4.28. The Morgan fingerprint density at radius 3 is 2.53 bits per heavy atom. The Morgan fingerprint density at radius 1 is 1.37 bits per heavy atom. The van der Waals surface area contributed by atoms with Crippen molar-refractivity contribution in [2.24, 2.45) is 0 Å². The van der Waals surface area contributed by atoms with Crippen LogP contribution in [0.4, 0.5) is 4.39 Å². The summed E-state index contributed by atoms with van der Waals surface area (Å²) in [6.07, 6.45) is -0.0186. The van der Waals surface area contributed by atoms with E-state index in [0.29, 0.717) is 29.9 Å². The molecule has 1 rings (SSSR count). The Hall–Kier alpha value is -1.78. The van der Waals surface area contributed by atoms with Crippen molar-refractivity contribution in [1.82, 2.24) is 0 Å². The van der Waals surface area contributed by atoms with Crippen molar-refractivity contribution in [2.45, 2.75) is 32.4 Å². The van der Waals surface area contributed by atoms with Crippen molar-refractivity contribution in [3.63, 3.8) is 0 Å². The number of hydrogen-bond donors (Lipinski definition) is 1. The number of aryl methyl sites for hydroxylation is 1. The molecule has 5 heteroatoms. The predicted octanol–water partition coefficient (Wildman–Crippen LogP) is 3.14. The first-order chi connectivity index (χ1) is 8.99. The molecule has 0 aromatic heterocycles. The number of hydrogen-bond acceptors (Lipinski definition) is 3. The zero-order valence-corrected chi connectivity index (χ0v) is 11.4. The highest BCUT2D eigenvalue weighted by molar-refractivity contribution is 5.66. The van der Waals surface area contributed by atoms with E-state index in [1.807, 2.05) is 0 Å². The van der Waals surface area contributed by atoms with Gasteiger partial charge in [-0.1, -0.05) is 0 Å². The number of carboxylic acid groups (broad SMARTS) is 1. The van der Waals surface area contributed by atoms with Gasteiger partial charge in [-0.15, -0.1) is 0 Å². The van der Waals surface area contributed by atoms with Gasteiger partial charge >= 0.3 is 5.97 Å². The highest BCUT2D eigenvalue weighted by atomic mass is 19.1. The van der Waals surface area contributed by atoms with Crippen LogP contribution in [0.2, 0.25) is 0 Å². The lowest BCUT2D eigenvalue weighted by molar-refractivity contribution is -0.137. The number of alkyl halides is 1. The average Bonchev–Trinajstić information content (AvgIpc) is 2.36. The third-order valence-electron chi connectivity index (χ3n) is 2.85. The minimum atomic E-state index is -1.18. The summed E-state index contributed by atoms with van der Waals surface area (Å²) in [7, 11) is 2.96. The molecule has 0 saturated heterocycles. The van der Waals surface area contributed by atoms with Gasteiger partial charge in [0, 0.05) is 12.0 Å². The highest BCUT2D eigenvalue weighted by Crippen LogP contribution is 2.37. The van der Waals surface area contributed by atoms with Gasteiger partial charge in [-0.2, -0.15) is 0 Å². The number of aliphatic carboxylic acids is 1. The topological polar surface area (TPSA) is 55.8 Å². The maximum absolute atomic E-state index is 13.6. The zero-order chi connectivity index (χ0) is 14.4. The molecule has 1 aromatic rings. The van der Waals surface area contributed by atoms with Crippen LogP contribution in [0.3, 0.4) is 0 Å². The van der Waals surface area contributed by atoms with Crippen molar-refractivity contribution >= 4 is 5.97 Å². The third-order valence-corrected chi connectivity index (χ3v) is 2.85. The van der Waals surface area contributed by atoms with Crippen LogP contribution in [-0.4, -0.2) is 25.3 Å². The largest absolute Gasteiger partial charge is 0.493 e. The molecule has 0 spiro atoms. The second kappa shape index (κ2) is 6.97. The van der Waals surface area contributed by atoms with E-state index in [-0.39, 0.29) is 6.42 Å². The van der Waals surface area contributed by atoms with Gasteiger partial charge in [0.1, 0.15) is 6.17 Å². The standard InChI is InChI=1S/C14H19FO4/c1-9(15)11-7-10(5-4-6-13(16)17)8-12(18-2)14(11)19-3/h7-9H,4-6H2,1-3H3,(H,16,17). The first-order valence-corrected chi connectivity index (χ1v) is 6.10. The molecule has 0 aliphatic carbocycles. The minimum Gasteiger partial charge on any atom is -0.493 e. The van der Waals surface area contributed by atoms with E-state index in [9.17, 15) is 9.18 Å². The highest BCUT2D eigenvalue weighted by Gasteiger charge is 2.17. The Morgan fingerprint density at radius 2 is 2.05 bits per heavy atom. The molecule has 0 amide bonds. The molecule has 1 N–H and O–H groups in total. The quantitative estimate of drug-likeness (QED) is 0.827. The number of rotatable bonds is 7. The van der Waals surface area contributed by atoms with Crippen molar-refractivity contribution in [3.8, 4) is 11.5 Å². The molecular formula is C14H19FO4. The maximum Gasteiger partial charge on any atom is 0.303 e. The van der Waals surface area contributed by atoms with E-state index in [1.54, 1.807) is 12.1 Å². The summed E-state index contributed by atoms with van der Waals surface area (Å²) in [5.41, 5.74) is 1.27. The van der Waals surface area contributed by atoms with Crippen molar-refractivity contribution in [3.05, 3.63) is 23.3 Å². The summed E-state index contributed by atoms with van der Waals surface area (Å²) in [5.74, 6) is 0.0221. The Kier molecular flexibility index (Phi) is 5.60. The van der Waals surface area contributed by atoms with E-state index in [4.69, 9.17) is 14.6 Å². The van der Waals surface area contributed by atoms with E-state index in [1.165, 1.54) is 21.1 Å². The predicted molar refractivity (Wildman–Crippen MR) is 69.6 cm³/mol. The lowest BCUT2D eigenvalue weighted by Gasteiger charge is -2.15. The Bertz CT molecular complexity index is 443. The molecule has 0 saturated carbocycles. The van der Waals surface area contributed by atoms with Gasteiger partial charge < -0.3 is 14.6 Å². The summed E-state index contributed by atoms with van der Waals surface area (Å²) >= 11 is 0. The molecular weight excluding hydrogens is 251 g/mol. The summed E-state index contributed by atoms with van der Waals surface area (Å²) in [5, 5.41) is 8.61. The molecule has 0 radical (unpaired) electrons. The number of methoxy groups -OCH3 is 2. The van der Waals surface area contributed by atoms with Crippen molar-refractivity contribution in [2.75, 3.05) is 14.2 Å². The molecule has 0 bridgehead atoms. The number of carboxylic acids is 1. The van der Waals surface area contributed by atoms with Gasteiger partial charge in [0.15, 0.2) is 11.5 Å². The fraction of sp³-hybridized carbons (Fsp3) is 0.500. The second-order valence-electron chi connectivity index (χ2n) is 4.28. The van der Waals surface area contributed by atoms with Crippen LogP contribution in [-0.2, 0) is 11.2 Å². The van der Waals surface area contributed by atoms with Crippen molar-refractivity contribution < 1.29 is 23.8 Å². The number of carbonyl (C=O) groups is 1. The first-order valence-electron chi connectivity index (χ1n) is 6.10. The average molecular weight is 270 g/mol. The lowest BCUT2D eigenvalue weighted by Crippen LogP contribution is -2.01. The van der Waals surface area contributed by atoms with Crippen LogP contribution >= 0.6 is 0 Å². The van der Waals surface area contributed by atoms with E-state index < -0.39 is 12.1 Å². The summed E-state index contributed by atoms with van der Waals surface area (Å²) in [4.78, 5) is 10.5. The van der Waals surface area contributed by atoms with Crippen LogP contribution in [0.5, 0.6) is 11.5 Å². The lowest BCUT2D eigenvalue weighted by atomic mass is 10.0. The summed E-state index contributed by atoms with van der Waals surface area (Å²) in [6.45, 7) is 1.43. The number of benzene rings is 1. The minimum absolute atomic E-state index is 0.0921. The SMILES string of the molecule is COc1cc(CCCC(=O)O)cc(C(C)F)c1OC. The number of ether oxygens (including phenoxy) is 2. The number of halogens is 1. The molecule has 106 valence electrons. The van der Waals surface area contributed by atoms with E-state index in [2.05, 4.69) is 0 Å². The van der Waals surface area contributed by atoms with Gasteiger partial charge in [0.25, 0.3) is 0 Å². The summed E-state index contributed by atoms with van der Waals surface area (Å²) in [6, 6.07) is 3.46.